The maximum atomic E-state index is 12.3. The molecule has 1 aliphatic carbocycles. The second-order valence-electron chi connectivity index (χ2n) is 6.46. The number of hydrogen-bond acceptors (Lipinski definition) is 4. The van der Waals surface area contributed by atoms with Gasteiger partial charge in [-0.3, -0.25) is 4.79 Å². The number of phenols is 1. The van der Waals surface area contributed by atoms with Crippen LogP contribution in [0.2, 0.25) is 0 Å². The van der Waals surface area contributed by atoms with E-state index in [1.807, 2.05) is 13.0 Å². The van der Waals surface area contributed by atoms with E-state index < -0.39 is 0 Å². The summed E-state index contributed by atoms with van der Waals surface area (Å²) in [5, 5.41) is 20.3. The quantitative estimate of drug-likeness (QED) is 0.764. The Morgan fingerprint density at radius 3 is 2.62 bits per heavy atom. The topological polar surface area (TPSA) is 96.3 Å². The second-order valence-corrected chi connectivity index (χ2v) is 6.46. The van der Waals surface area contributed by atoms with Crippen LogP contribution in [0, 0.1) is 0 Å². The van der Waals surface area contributed by atoms with Crippen molar-refractivity contribution in [1.29, 1.82) is 0 Å². The van der Waals surface area contributed by atoms with Crippen LogP contribution in [0.4, 0.5) is 10.5 Å². The molecule has 1 aliphatic rings. The van der Waals surface area contributed by atoms with Gasteiger partial charge in [0.25, 0.3) is 0 Å². The van der Waals surface area contributed by atoms with Gasteiger partial charge in [0.05, 0.1) is 11.4 Å². The fourth-order valence-electron chi connectivity index (χ4n) is 2.99. The van der Waals surface area contributed by atoms with Crippen molar-refractivity contribution in [3.63, 3.8) is 0 Å². The fraction of sp³-hybridized carbons (Fsp3) is 0.421. The number of anilines is 1. The Hall–Kier alpha value is -2.83. The molecule has 0 saturated heterocycles. The Bertz CT molecular complexity index is 824. The number of carbonyl (C=O) groups is 2. The maximum absolute atomic E-state index is 12.3. The first-order chi connectivity index (χ1) is 12.5. The van der Waals surface area contributed by atoms with Gasteiger partial charge in [-0.05, 0) is 38.0 Å². The van der Waals surface area contributed by atoms with Crippen LogP contribution < -0.4 is 10.6 Å². The van der Waals surface area contributed by atoms with Crippen LogP contribution in [0.15, 0.2) is 24.3 Å². The van der Waals surface area contributed by atoms with Crippen LogP contribution in [0.3, 0.4) is 0 Å². The first-order valence-electron chi connectivity index (χ1n) is 9.04. The molecule has 1 saturated carbocycles. The number of amides is 2. The number of hydrogen-bond donors (Lipinski definition) is 3. The molecule has 7 heteroatoms. The molecule has 0 bridgehead atoms. The van der Waals surface area contributed by atoms with Crippen LogP contribution in [0.1, 0.15) is 51.1 Å². The van der Waals surface area contributed by atoms with E-state index in [1.54, 1.807) is 19.1 Å². The molecule has 7 nitrogen and oxygen atoms in total. The SMILES string of the molecule is CCNC(=O)n1nc(-c2ccc(NC(=O)CC)cc2O)cc1C1CCC1. The van der Waals surface area contributed by atoms with Gasteiger partial charge in [-0.15, -0.1) is 0 Å². The molecule has 0 unspecified atom stereocenters. The average molecular weight is 356 g/mol. The first kappa shape index (κ1) is 18.0. The third-order valence-corrected chi connectivity index (χ3v) is 4.66. The minimum absolute atomic E-state index is 0.0135. The number of aromatic hydroxyl groups is 1. The number of nitrogens with zero attached hydrogens (tertiary/aromatic N) is 2. The number of phenolic OH excluding ortho intramolecular Hbond substituents is 1. The number of benzene rings is 1. The number of nitrogens with one attached hydrogen (secondary N) is 2. The van der Waals surface area contributed by atoms with Crippen LogP contribution in [-0.4, -0.2) is 33.4 Å². The molecule has 3 rings (SSSR count). The number of rotatable bonds is 5. The van der Waals surface area contributed by atoms with E-state index in [-0.39, 0.29) is 17.7 Å². The van der Waals surface area contributed by atoms with E-state index in [0.29, 0.717) is 35.8 Å². The minimum atomic E-state index is -0.257. The van der Waals surface area contributed by atoms with Gasteiger partial charge in [0.2, 0.25) is 5.91 Å². The summed E-state index contributed by atoms with van der Waals surface area (Å²) in [6.07, 6.45) is 3.60. The van der Waals surface area contributed by atoms with E-state index in [1.165, 1.54) is 10.7 Å². The molecule has 0 aliphatic heterocycles. The lowest BCUT2D eigenvalue weighted by atomic mass is 9.82. The van der Waals surface area contributed by atoms with E-state index >= 15 is 0 Å². The zero-order valence-electron chi connectivity index (χ0n) is 15.1. The molecule has 1 heterocycles. The Morgan fingerprint density at radius 2 is 2.04 bits per heavy atom. The van der Waals surface area contributed by atoms with E-state index in [0.717, 1.165) is 25.0 Å². The number of carbonyl (C=O) groups excluding carboxylic acids is 2. The van der Waals surface area contributed by atoms with Gasteiger partial charge in [-0.25, -0.2) is 4.79 Å². The average Bonchev–Trinajstić information content (AvgIpc) is 2.98. The Kier molecular flexibility index (Phi) is 5.25. The lowest BCUT2D eigenvalue weighted by molar-refractivity contribution is -0.115. The first-order valence-corrected chi connectivity index (χ1v) is 9.04. The Morgan fingerprint density at radius 1 is 1.27 bits per heavy atom. The molecule has 0 radical (unpaired) electrons. The van der Waals surface area contributed by atoms with Crippen molar-refractivity contribution in [3.05, 3.63) is 30.0 Å². The summed E-state index contributed by atoms with van der Waals surface area (Å²) in [5.74, 6) is 0.216. The van der Waals surface area contributed by atoms with Gasteiger partial charge < -0.3 is 15.7 Å². The van der Waals surface area contributed by atoms with Gasteiger partial charge in [0.15, 0.2) is 0 Å². The number of aromatic nitrogens is 2. The van der Waals surface area contributed by atoms with Gasteiger partial charge >= 0.3 is 6.03 Å². The lowest BCUT2D eigenvalue weighted by Crippen LogP contribution is -2.31. The van der Waals surface area contributed by atoms with Crippen molar-refractivity contribution in [2.45, 2.75) is 45.4 Å². The molecule has 138 valence electrons. The molecule has 0 spiro atoms. The predicted octanol–water partition coefficient (Wildman–Crippen LogP) is 3.45. The highest BCUT2D eigenvalue weighted by Gasteiger charge is 2.27. The summed E-state index contributed by atoms with van der Waals surface area (Å²) >= 11 is 0. The fourth-order valence-corrected chi connectivity index (χ4v) is 2.99. The summed E-state index contributed by atoms with van der Waals surface area (Å²) in [4.78, 5) is 23.8. The van der Waals surface area contributed by atoms with E-state index in [4.69, 9.17) is 0 Å². The molecular weight excluding hydrogens is 332 g/mol. The molecule has 3 N–H and O–H groups in total. The smallest absolute Gasteiger partial charge is 0.342 e. The van der Waals surface area contributed by atoms with Crippen molar-refractivity contribution in [2.24, 2.45) is 0 Å². The molecule has 1 fully saturated rings. The largest absolute Gasteiger partial charge is 0.507 e. The van der Waals surface area contributed by atoms with Crippen molar-refractivity contribution in [3.8, 4) is 17.0 Å². The summed E-state index contributed by atoms with van der Waals surface area (Å²) in [5.41, 5.74) is 2.48. The van der Waals surface area contributed by atoms with Crippen LogP contribution in [0.5, 0.6) is 5.75 Å². The van der Waals surface area contributed by atoms with Gasteiger partial charge in [-0.1, -0.05) is 13.3 Å². The van der Waals surface area contributed by atoms with Gasteiger partial charge in [-0.2, -0.15) is 9.78 Å². The third-order valence-electron chi connectivity index (χ3n) is 4.66. The monoisotopic (exact) mass is 356 g/mol. The minimum Gasteiger partial charge on any atom is -0.507 e. The Balaban J connectivity index is 1.93. The van der Waals surface area contributed by atoms with Gasteiger partial charge in [0.1, 0.15) is 5.75 Å². The van der Waals surface area contributed by atoms with Crippen molar-refractivity contribution >= 4 is 17.6 Å². The Labute approximate surface area is 152 Å². The molecular formula is C19H24N4O3. The maximum Gasteiger partial charge on any atom is 0.342 e. The zero-order chi connectivity index (χ0) is 18.7. The zero-order valence-corrected chi connectivity index (χ0v) is 15.1. The molecule has 1 aromatic heterocycles. The molecule has 2 aromatic rings. The van der Waals surface area contributed by atoms with E-state index in [2.05, 4.69) is 15.7 Å². The summed E-state index contributed by atoms with van der Waals surface area (Å²) in [7, 11) is 0. The molecule has 0 atom stereocenters. The standard InChI is InChI=1S/C19H24N4O3/c1-3-18(25)21-13-8-9-14(17(24)10-13)15-11-16(12-6-5-7-12)23(22-15)19(26)20-4-2/h8-12,24H,3-7H2,1-2H3,(H,20,26)(H,21,25). The van der Waals surface area contributed by atoms with Crippen molar-refractivity contribution in [2.75, 3.05) is 11.9 Å². The molecule has 2 amide bonds. The van der Waals surface area contributed by atoms with E-state index in [9.17, 15) is 14.7 Å². The van der Waals surface area contributed by atoms with Crippen LogP contribution in [0.25, 0.3) is 11.3 Å². The van der Waals surface area contributed by atoms with Gasteiger partial charge in [0, 0.05) is 36.2 Å². The molecule has 1 aromatic carbocycles. The highest BCUT2D eigenvalue weighted by atomic mass is 16.3. The highest BCUT2D eigenvalue weighted by Crippen LogP contribution is 2.39. The predicted molar refractivity (Wildman–Crippen MR) is 99.3 cm³/mol. The van der Waals surface area contributed by atoms with Crippen molar-refractivity contribution < 1.29 is 14.7 Å². The molecule has 26 heavy (non-hydrogen) atoms. The summed E-state index contributed by atoms with van der Waals surface area (Å²) < 4.78 is 1.41. The third kappa shape index (κ3) is 3.56. The summed E-state index contributed by atoms with van der Waals surface area (Å²) in [6, 6.07) is 6.54. The highest BCUT2D eigenvalue weighted by molar-refractivity contribution is 5.91. The van der Waals surface area contributed by atoms with Crippen LogP contribution in [-0.2, 0) is 4.79 Å². The van der Waals surface area contributed by atoms with Crippen LogP contribution >= 0.6 is 0 Å². The second kappa shape index (κ2) is 7.59. The lowest BCUT2D eigenvalue weighted by Gasteiger charge is -2.25. The normalized spacial score (nSPS) is 13.9. The van der Waals surface area contributed by atoms with Crippen molar-refractivity contribution in [1.82, 2.24) is 15.1 Å². The summed E-state index contributed by atoms with van der Waals surface area (Å²) in [6.45, 7) is 4.15.